The highest BCUT2D eigenvalue weighted by atomic mass is 35.5. The first-order valence-corrected chi connectivity index (χ1v) is 4.70. The van der Waals surface area contributed by atoms with Gasteiger partial charge in [0.1, 0.15) is 0 Å². The van der Waals surface area contributed by atoms with Crippen molar-refractivity contribution in [1.29, 1.82) is 0 Å². The van der Waals surface area contributed by atoms with Gasteiger partial charge in [-0.05, 0) is 18.4 Å². The minimum Gasteiger partial charge on any atom is -0.393 e. The van der Waals surface area contributed by atoms with Crippen LogP contribution in [0.25, 0.3) is 0 Å². The van der Waals surface area contributed by atoms with Gasteiger partial charge in [-0.1, -0.05) is 30.3 Å². The summed E-state index contributed by atoms with van der Waals surface area (Å²) in [5.41, 5.74) is 7.07. The summed E-state index contributed by atoms with van der Waals surface area (Å²) in [7, 11) is 0. The molecule has 78 valence electrons. The molecule has 0 bridgehead atoms. The number of rotatable bonds is 2. The second kappa shape index (κ2) is 4.30. The number of nitrogens with two attached hydrogens (primary N) is 1. The van der Waals surface area contributed by atoms with Crippen LogP contribution in [0.15, 0.2) is 30.3 Å². The van der Waals surface area contributed by atoms with Gasteiger partial charge in [0.25, 0.3) is 0 Å². The largest absolute Gasteiger partial charge is 0.393 e. The summed E-state index contributed by atoms with van der Waals surface area (Å²) in [6.07, 6.45) is 1.48. The molecule has 0 aliphatic heterocycles. The Morgan fingerprint density at radius 1 is 1.29 bits per heavy atom. The van der Waals surface area contributed by atoms with Crippen LogP contribution < -0.4 is 5.73 Å². The lowest BCUT2D eigenvalue weighted by molar-refractivity contribution is 0.0222. The topological polar surface area (TPSA) is 46.2 Å². The third kappa shape index (κ3) is 1.78. The van der Waals surface area contributed by atoms with E-state index in [1.54, 1.807) is 0 Å². The number of halogens is 1. The third-order valence-corrected chi connectivity index (χ3v) is 3.03. The van der Waals surface area contributed by atoms with Crippen molar-refractivity contribution in [2.75, 3.05) is 6.54 Å². The highest BCUT2D eigenvalue weighted by Gasteiger charge is 2.43. The van der Waals surface area contributed by atoms with Crippen molar-refractivity contribution in [2.24, 2.45) is 5.73 Å². The molecule has 1 saturated carbocycles. The van der Waals surface area contributed by atoms with Crippen LogP contribution in [-0.4, -0.2) is 17.8 Å². The molecular weight excluding hydrogens is 198 g/mol. The average Bonchev–Trinajstić information content (AvgIpc) is 2.14. The zero-order valence-electron chi connectivity index (χ0n) is 8.02. The molecule has 1 aliphatic rings. The molecule has 0 heterocycles. The van der Waals surface area contributed by atoms with Gasteiger partial charge in [-0.2, -0.15) is 0 Å². The summed E-state index contributed by atoms with van der Waals surface area (Å²) in [6, 6.07) is 10.2. The fourth-order valence-electron chi connectivity index (χ4n) is 2.15. The molecule has 1 aliphatic carbocycles. The Balaban J connectivity index is 0.000000980. The molecule has 0 saturated heterocycles. The maximum atomic E-state index is 9.32. The molecule has 0 atom stereocenters. The number of hydrogen-bond donors (Lipinski definition) is 2. The number of benzene rings is 1. The van der Waals surface area contributed by atoms with E-state index in [-0.39, 0.29) is 23.9 Å². The molecule has 2 nitrogen and oxygen atoms in total. The predicted octanol–water partition coefficient (Wildman–Crippen LogP) is 1.46. The van der Waals surface area contributed by atoms with Gasteiger partial charge in [-0.15, -0.1) is 12.4 Å². The van der Waals surface area contributed by atoms with E-state index in [0.29, 0.717) is 6.54 Å². The molecule has 1 fully saturated rings. The quantitative estimate of drug-likeness (QED) is 0.782. The van der Waals surface area contributed by atoms with Crippen LogP contribution in [-0.2, 0) is 5.41 Å². The van der Waals surface area contributed by atoms with Crippen molar-refractivity contribution in [2.45, 2.75) is 24.4 Å². The first-order valence-electron chi connectivity index (χ1n) is 4.70. The molecule has 1 aromatic rings. The van der Waals surface area contributed by atoms with Gasteiger partial charge in [-0.25, -0.2) is 0 Å². The minimum absolute atomic E-state index is 0. The Morgan fingerprint density at radius 3 is 2.29 bits per heavy atom. The van der Waals surface area contributed by atoms with E-state index >= 15 is 0 Å². The van der Waals surface area contributed by atoms with Gasteiger partial charge in [0.15, 0.2) is 0 Å². The Hall–Kier alpha value is -0.570. The van der Waals surface area contributed by atoms with Crippen LogP contribution in [0.4, 0.5) is 0 Å². The molecule has 0 unspecified atom stereocenters. The van der Waals surface area contributed by atoms with Crippen LogP contribution >= 0.6 is 12.4 Å². The van der Waals surface area contributed by atoms with Crippen LogP contribution in [0.1, 0.15) is 18.4 Å². The summed E-state index contributed by atoms with van der Waals surface area (Å²) < 4.78 is 0. The lowest BCUT2D eigenvalue weighted by Gasteiger charge is -2.45. The highest BCUT2D eigenvalue weighted by molar-refractivity contribution is 5.85. The van der Waals surface area contributed by atoms with Crippen molar-refractivity contribution in [1.82, 2.24) is 0 Å². The van der Waals surface area contributed by atoms with Crippen molar-refractivity contribution in [3.63, 3.8) is 0 Å². The maximum absolute atomic E-state index is 9.32. The number of hydrogen-bond acceptors (Lipinski definition) is 2. The van der Waals surface area contributed by atoms with E-state index in [4.69, 9.17) is 5.73 Å². The molecule has 0 spiro atoms. The van der Waals surface area contributed by atoms with E-state index in [1.807, 2.05) is 18.2 Å². The molecule has 0 radical (unpaired) electrons. The monoisotopic (exact) mass is 213 g/mol. The minimum atomic E-state index is -0.149. The van der Waals surface area contributed by atoms with Crippen molar-refractivity contribution < 1.29 is 5.11 Å². The van der Waals surface area contributed by atoms with Gasteiger partial charge in [-0.3, -0.25) is 0 Å². The second-order valence-corrected chi connectivity index (χ2v) is 3.91. The lowest BCUT2D eigenvalue weighted by Crippen LogP contribution is -2.49. The third-order valence-electron chi connectivity index (χ3n) is 3.03. The van der Waals surface area contributed by atoms with Crippen LogP contribution in [0.5, 0.6) is 0 Å². The Morgan fingerprint density at radius 2 is 1.86 bits per heavy atom. The molecule has 2 rings (SSSR count). The predicted molar refractivity (Wildman–Crippen MR) is 59.7 cm³/mol. The fourth-order valence-corrected chi connectivity index (χ4v) is 2.15. The zero-order chi connectivity index (χ0) is 9.31. The first-order chi connectivity index (χ1) is 6.27. The van der Waals surface area contributed by atoms with Gasteiger partial charge in [0.2, 0.25) is 0 Å². The molecule has 0 amide bonds. The van der Waals surface area contributed by atoms with E-state index < -0.39 is 0 Å². The molecule has 1 aromatic carbocycles. The molecule has 0 aromatic heterocycles. The number of aliphatic hydroxyl groups excluding tert-OH is 1. The van der Waals surface area contributed by atoms with E-state index in [9.17, 15) is 5.11 Å². The van der Waals surface area contributed by atoms with Crippen LogP contribution in [0, 0.1) is 0 Å². The summed E-state index contributed by atoms with van der Waals surface area (Å²) in [6.45, 7) is 0.633. The van der Waals surface area contributed by atoms with E-state index in [1.165, 1.54) is 5.56 Å². The molecule has 14 heavy (non-hydrogen) atoms. The maximum Gasteiger partial charge on any atom is 0.0558 e. The van der Waals surface area contributed by atoms with E-state index in [2.05, 4.69) is 12.1 Å². The molecule has 3 N–H and O–H groups in total. The average molecular weight is 214 g/mol. The van der Waals surface area contributed by atoms with E-state index in [0.717, 1.165) is 12.8 Å². The summed E-state index contributed by atoms with van der Waals surface area (Å²) in [5, 5.41) is 9.32. The zero-order valence-corrected chi connectivity index (χ0v) is 8.83. The van der Waals surface area contributed by atoms with Gasteiger partial charge < -0.3 is 10.8 Å². The highest BCUT2D eigenvalue weighted by Crippen LogP contribution is 2.42. The van der Waals surface area contributed by atoms with Gasteiger partial charge in [0.05, 0.1) is 6.10 Å². The standard InChI is InChI=1S/C11H15NO.ClH/c12-8-11(6-10(13)7-11)9-4-2-1-3-5-9;/h1-5,10,13H,6-8,12H2;1H. The lowest BCUT2D eigenvalue weighted by atomic mass is 9.63. The van der Waals surface area contributed by atoms with Crippen molar-refractivity contribution >= 4 is 12.4 Å². The second-order valence-electron chi connectivity index (χ2n) is 3.91. The normalized spacial score (nSPS) is 30.3. The Labute approximate surface area is 90.5 Å². The summed E-state index contributed by atoms with van der Waals surface area (Å²) in [4.78, 5) is 0. The Kier molecular flexibility index (Phi) is 3.53. The smallest absolute Gasteiger partial charge is 0.0558 e. The van der Waals surface area contributed by atoms with Gasteiger partial charge in [0, 0.05) is 12.0 Å². The first kappa shape index (κ1) is 11.5. The van der Waals surface area contributed by atoms with Crippen LogP contribution in [0.2, 0.25) is 0 Å². The molecule has 3 heteroatoms. The summed E-state index contributed by atoms with van der Waals surface area (Å²) >= 11 is 0. The Bertz CT molecular complexity index is 283. The fraction of sp³-hybridized carbons (Fsp3) is 0.455. The van der Waals surface area contributed by atoms with Crippen molar-refractivity contribution in [3.05, 3.63) is 35.9 Å². The SMILES string of the molecule is Cl.NCC1(c2ccccc2)CC(O)C1. The van der Waals surface area contributed by atoms with Crippen LogP contribution in [0.3, 0.4) is 0 Å². The van der Waals surface area contributed by atoms with Crippen molar-refractivity contribution in [3.8, 4) is 0 Å². The number of aliphatic hydroxyl groups is 1. The summed E-state index contributed by atoms with van der Waals surface area (Å²) in [5.74, 6) is 0. The molecular formula is C11H16ClNO. The van der Waals surface area contributed by atoms with Gasteiger partial charge >= 0.3 is 0 Å².